The van der Waals surface area contributed by atoms with Gasteiger partial charge < -0.3 is 22.1 Å². The number of amides is 2. The Kier molecular flexibility index (Phi) is 7.59. The number of halogens is 3. The van der Waals surface area contributed by atoms with Crippen molar-refractivity contribution in [3.63, 3.8) is 0 Å². The molecule has 1 atom stereocenters. The van der Waals surface area contributed by atoms with Gasteiger partial charge in [0, 0.05) is 23.5 Å². The molecular weight excluding hydrogens is 509 g/mol. The van der Waals surface area contributed by atoms with E-state index in [4.69, 9.17) is 11.5 Å². The van der Waals surface area contributed by atoms with Crippen LogP contribution in [-0.2, 0) is 12.7 Å². The number of nitrogens with zero attached hydrogens (tertiary/aromatic N) is 4. The zero-order valence-electron chi connectivity index (χ0n) is 19.8. The molecule has 1 aliphatic rings. The average Bonchev–Trinajstić information content (AvgIpc) is 3.53. The maximum atomic E-state index is 13.1. The van der Waals surface area contributed by atoms with E-state index in [0.717, 1.165) is 49.4 Å². The number of hydrogen-bond acceptors (Lipinski definition) is 9. The molecule has 0 spiro atoms. The first-order valence-electron chi connectivity index (χ1n) is 11.4. The van der Waals surface area contributed by atoms with Gasteiger partial charge in [0.1, 0.15) is 27.7 Å². The van der Waals surface area contributed by atoms with Crippen LogP contribution in [-0.4, -0.2) is 44.8 Å². The Morgan fingerprint density at radius 2 is 1.86 bits per heavy atom. The SMILES string of the molecule is CC(NC(=O)c1ncnc(N)c1CN1CCCC1)c1ncc(C(=O)Nc2ccc(N)c(C(F)(F)F)c2)s1. The molecule has 2 aromatic heterocycles. The molecule has 2 amide bonds. The first kappa shape index (κ1) is 26.3. The second-order valence-corrected chi connectivity index (χ2v) is 9.64. The number of thiazole rings is 1. The maximum Gasteiger partial charge on any atom is 0.418 e. The zero-order valence-corrected chi connectivity index (χ0v) is 20.6. The Labute approximate surface area is 214 Å². The monoisotopic (exact) mass is 534 g/mol. The highest BCUT2D eigenvalue weighted by atomic mass is 32.1. The number of rotatable bonds is 7. The van der Waals surface area contributed by atoms with Crippen LogP contribution in [0.15, 0.2) is 30.7 Å². The van der Waals surface area contributed by atoms with Crippen molar-refractivity contribution in [2.45, 2.75) is 38.5 Å². The van der Waals surface area contributed by atoms with E-state index in [1.54, 1.807) is 6.92 Å². The number of anilines is 3. The molecule has 0 aliphatic carbocycles. The summed E-state index contributed by atoms with van der Waals surface area (Å²) in [6.07, 6.45) is 0.0255. The average molecular weight is 535 g/mol. The molecule has 37 heavy (non-hydrogen) atoms. The van der Waals surface area contributed by atoms with Gasteiger partial charge in [0.15, 0.2) is 0 Å². The maximum absolute atomic E-state index is 13.1. The molecular formula is C23H25F3N8O2S. The van der Waals surface area contributed by atoms with Crippen LogP contribution < -0.4 is 22.1 Å². The predicted molar refractivity (Wildman–Crippen MR) is 133 cm³/mol. The Morgan fingerprint density at radius 1 is 1.14 bits per heavy atom. The summed E-state index contributed by atoms with van der Waals surface area (Å²) in [6, 6.07) is 2.54. The lowest BCUT2D eigenvalue weighted by molar-refractivity contribution is -0.136. The van der Waals surface area contributed by atoms with E-state index in [-0.39, 0.29) is 22.1 Å². The van der Waals surface area contributed by atoms with Crippen molar-refractivity contribution in [3.8, 4) is 0 Å². The lowest BCUT2D eigenvalue weighted by atomic mass is 10.1. The fourth-order valence-corrected chi connectivity index (χ4v) is 4.75. The fraction of sp³-hybridized carbons (Fsp3) is 0.348. The van der Waals surface area contributed by atoms with Crippen LogP contribution in [0, 0.1) is 0 Å². The van der Waals surface area contributed by atoms with Crippen molar-refractivity contribution in [1.29, 1.82) is 0 Å². The summed E-state index contributed by atoms with van der Waals surface area (Å²) < 4.78 is 39.3. The van der Waals surface area contributed by atoms with Crippen molar-refractivity contribution >= 4 is 40.3 Å². The van der Waals surface area contributed by atoms with Crippen LogP contribution in [0.4, 0.5) is 30.4 Å². The van der Waals surface area contributed by atoms with E-state index in [9.17, 15) is 22.8 Å². The molecule has 1 saturated heterocycles. The number of alkyl halides is 3. The third kappa shape index (κ3) is 6.14. The number of aromatic nitrogens is 3. The first-order valence-corrected chi connectivity index (χ1v) is 12.2. The summed E-state index contributed by atoms with van der Waals surface area (Å²) in [5.41, 5.74) is 10.6. The Bertz CT molecular complexity index is 1310. The van der Waals surface area contributed by atoms with E-state index in [0.29, 0.717) is 17.1 Å². The highest BCUT2D eigenvalue weighted by Gasteiger charge is 2.33. The second kappa shape index (κ2) is 10.7. The summed E-state index contributed by atoms with van der Waals surface area (Å²) in [5.74, 6) is -0.862. The minimum absolute atomic E-state index is 0.0605. The minimum atomic E-state index is -4.65. The molecule has 1 aliphatic heterocycles. The number of hydrogen-bond donors (Lipinski definition) is 4. The summed E-state index contributed by atoms with van der Waals surface area (Å²) in [4.78, 5) is 40.3. The highest BCUT2D eigenvalue weighted by molar-refractivity contribution is 7.13. The van der Waals surface area contributed by atoms with Crippen LogP contribution in [0.2, 0.25) is 0 Å². The Morgan fingerprint density at radius 3 is 2.57 bits per heavy atom. The van der Waals surface area contributed by atoms with Crippen LogP contribution in [0.1, 0.15) is 62.1 Å². The number of likely N-dealkylation sites (tertiary alicyclic amines) is 1. The van der Waals surface area contributed by atoms with Gasteiger partial charge in [-0.05, 0) is 51.1 Å². The molecule has 0 bridgehead atoms. The van der Waals surface area contributed by atoms with E-state index < -0.39 is 35.3 Å². The van der Waals surface area contributed by atoms with Gasteiger partial charge in [-0.2, -0.15) is 13.2 Å². The van der Waals surface area contributed by atoms with Gasteiger partial charge in [-0.25, -0.2) is 15.0 Å². The van der Waals surface area contributed by atoms with Gasteiger partial charge in [0.25, 0.3) is 11.8 Å². The van der Waals surface area contributed by atoms with E-state index in [1.165, 1.54) is 18.6 Å². The molecule has 10 nitrogen and oxygen atoms in total. The van der Waals surface area contributed by atoms with Crippen LogP contribution >= 0.6 is 11.3 Å². The standard InChI is InChI=1S/C23H25F3N8O2S/c1-12(32-21(36)18-14(19(28)31-11-30-18)10-34-6-2-3-7-34)22-29-9-17(37-22)20(35)33-13-4-5-16(27)15(8-13)23(24,25)26/h4-5,8-9,11-12H,2-3,6-7,10,27H2,1H3,(H,32,36)(H,33,35)(H2,28,30,31). The molecule has 196 valence electrons. The molecule has 6 N–H and O–H groups in total. The van der Waals surface area contributed by atoms with Crippen molar-refractivity contribution in [2.24, 2.45) is 0 Å². The number of nitrogens with two attached hydrogens (primary N) is 2. The third-order valence-electron chi connectivity index (χ3n) is 5.86. The molecule has 0 radical (unpaired) electrons. The number of nitrogens with one attached hydrogen (secondary N) is 2. The molecule has 4 rings (SSSR count). The van der Waals surface area contributed by atoms with Gasteiger partial charge in [-0.1, -0.05) is 0 Å². The smallest absolute Gasteiger partial charge is 0.398 e. The van der Waals surface area contributed by atoms with Crippen LogP contribution in [0.3, 0.4) is 0 Å². The second-order valence-electron chi connectivity index (χ2n) is 8.58. The van der Waals surface area contributed by atoms with Crippen LogP contribution in [0.25, 0.3) is 0 Å². The molecule has 0 saturated carbocycles. The molecule has 3 heterocycles. The first-order chi connectivity index (χ1) is 17.5. The number of carbonyl (C=O) groups excluding carboxylic acids is 2. The van der Waals surface area contributed by atoms with Crippen molar-refractivity contribution in [3.05, 3.63) is 57.4 Å². The van der Waals surface area contributed by atoms with E-state index in [1.807, 2.05) is 0 Å². The zero-order chi connectivity index (χ0) is 26.7. The quantitative estimate of drug-likeness (QED) is 0.336. The summed E-state index contributed by atoms with van der Waals surface area (Å²) in [7, 11) is 0. The normalized spacial score (nSPS) is 14.9. The molecule has 1 fully saturated rings. The number of benzene rings is 1. The number of carbonyl (C=O) groups is 2. The molecule has 14 heteroatoms. The Hall–Kier alpha value is -3.78. The van der Waals surface area contributed by atoms with Gasteiger partial charge in [-0.15, -0.1) is 11.3 Å². The third-order valence-corrected chi connectivity index (χ3v) is 7.03. The van der Waals surface area contributed by atoms with Crippen molar-refractivity contribution in [2.75, 3.05) is 29.9 Å². The summed E-state index contributed by atoms with van der Waals surface area (Å²) in [6.45, 7) is 3.97. The largest absolute Gasteiger partial charge is 0.418 e. The van der Waals surface area contributed by atoms with E-state index >= 15 is 0 Å². The molecule has 3 aromatic rings. The highest BCUT2D eigenvalue weighted by Crippen LogP contribution is 2.35. The van der Waals surface area contributed by atoms with Gasteiger partial charge in [0.2, 0.25) is 0 Å². The van der Waals surface area contributed by atoms with Crippen molar-refractivity contribution in [1.82, 2.24) is 25.2 Å². The Balaban J connectivity index is 1.44. The van der Waals surface area contributed by atoms with Gasteiger partial charge >= 0.3 is 6.18 Å². The molecule has 1 aromatic carbocycles. The van der Waals surface area contributed by atoms with Gasteiger partial charge in [-0.3, -0.25) is 14.5 Å². The predicted octanol–water partition coefficient (Wildman–Crippen LogP) is 3.46. The summed E-state index contributed by atoms with van der Waals surface area (Å²) in [5, 5.41) is 5.66. The van der Waals surface area contributed by atoms with E-state index in [2.05, 4.69) is 30.5 Å². The summed E-state index contributed by atoms with van der Waals surface area (Å²) >= 11 is 1.00. The van der Waals surface area contributed by atoms with Crippen LogP contribution in [0.5, 0.6) is 0 Å². The topological polar surface area (TPSA) is 152 Å². The lowest BCUT2D eigenvalue weighted by Crippen LogP contribution is -2.30. The lowest BCUT2D eigenvalue weighted by Gasteiger charge is -2.18. The minimum Gasteiger partial charge on any atom is -0.398 e. The fourth-order valence-electron chi connectivity index (χ4n) is 3.93. The molecule has 1 unspecified atom stereocenters. The van der Waals surface area contributed by atoms with Crippen molar-refractivity contribution < 1.29 is 22.8 Å². The number of nitrogen functional groups attached to an aromatic ring is 2. The van der Waals surface area contributed by atoms with Gasteiger partial charge in [0.05, 0.1) is 17.8 Å².